The van der Waals surface area contributed by atoms with Gasteiger partial charge in [-0.2, -0.15) is 0 Å². The first-order chi connectivity index (χ1) is 9.77. The van der Waals surface area contributed by atoms with Crippen molar-refractivity contribution in [1.82, 2.24) is 9.97 Å². The van der Waals surface area contributed by atoms with Crippen molar-refractivity contribution in [2.45, 2.75) is 24.9 Å². The van der Waals surface area contributed by atoms with Crippen LogP contribution in [0.4, 0.5) is 5.82 Å². The first kappa shape index (κ1) is 13.0. The van der Waals surface area contributed by atoms with Crippen LogP contribution in [0.15, 0.2) is 36.4 Å². The fraction of sp³-hybridized carbons (Fsp3) is 0.333. The van der Waals surface area contributed by atoms with Crippen LogP contribution in [-0.2, 0) is 10.3 Å². The van der Waals surface area contributed by atoms with E-state index < -0.39 is 0 Å². The summed E-state index contributed by atoms with van der Waals surface area (Å²) in [5.74, 6) is 6.85. The Morgan fingerprint density at radius 1 is 1.20 bits per heavy atom. The summed E-state index contributed by atoms with van der Waals surface area (Å²) < 4.78 is 5.66. The number of hydrazine groups is 1. The summed E-state index contributed by atoms with van der Waals surface area (Å²) in [7, 11) is 1.72. The largest absolute Gasteiger partial charge is 0.370 e. The molecule has 0 amide bonds. The summed E-state index contributed by atoms with van der Waals surface area (Å²) in [6, 6.07) is 11.8. The van der Waals surface area contributed by atoms with Crippen molar-refractivity contribution in [3.8, 4) is 11.3 Å². The van der Waals surface area contributed by atoms with Gasteiger partial charge in [-0.15, -0.1) is 0 Å². The number of methoxy groups -OCH3 is 1. The summed E-state index contributed by atoms with van der Waals surface area (Å²) in [6.45, 7) is 0. The van der Waals surface area contributed by atoms with Gasteiger partial charge in [-0.05, 0) is 19.3 Å². The van der Waals surface area contributed by atoms with Crippen LogP contribution in [0.25, 0.3) is 11.3 Å². The maximum Gasteiger partial charge on any atom is 0.163 e. The van der Waals surface area contributed by atoms with Crippen LogP contribution in [-0.4, -0.2) is 17.1 Å². The fourth-order valence-electron chi connectivity index (χ4n) is 2.50. The molecule has 3 rings (SSSR count). The van der Waals surface area contributed by atoms with Gasteiger partial charge in [-0.25, -0.2) is 15.8 Å². The van der Waals surface area contributed by atoms with E-state index in [1.807, 2.05) is 36.4 Å². The Kier molecular flexibility index (Phi) is 3.38. The molecular formula is C15H18N4O. The average molecular weight is 270 g/mol. The third-order valence-electron chi connectivity index (χ3n) is 3.90. The van der Waals surface area contributed by atoms with Gasteiger partial charge < -0.3 is 10.2 Å². The standard InChI is InChI=1S/C15H18N4O/c1-20-15(8-5-9-15)14-17-12(10-13(18-14)19-16)11-6-3-2-4-7-11/h2-4,6-7,10H,5,8-9,16H2,1H3,(H,17,18,19). The van der Waals surface area contributed by atoms with E-state index in [0.717, 1.165) is 30.5 Å². The summed E-state index contributed by atoms with van der Waals surface area (Å²) in [4.78, 5) is 9.16. The van der Waals surface area contributed by atoms with Crippen LogP contribution in [0.3, 0.4) is 0 Å². The van der Waals surface area contributed by atoms with E-state index in [-0.39, 0.29) is 5.60 Å². The second-order valence-electron chi connectivity index (χ2n) is 5.02. The highest BCUT2D eigenvalue weighted by molar-refractivity contribution is 5.62. The third kappa shape index (κ3) is 2.15. The summed E-state index contributed by atoms with van der Waals surface area (Å²) >= 11 is 0. The Labute approximate surface area is 118 Å². The number of hydrogen-bond acceptors (Lipinski definition) is 5. The maximum atomic E-state index is 5.66. The Morgan fingerprint density at radius 3 is 2.50 bits per heavy atom. The topological polar surface area (TPSA) is 73.1 Å². The molecule has 0 atom stereocenters. The Hall–Kier alpha value is -1.98. The molecule has 1 aromatic heterocycles. The molecule has 0 aliphatic heterocycles. The second kappa shape index (κ2) is 5.19. The van der Waals surface area contributed by atoms with E-state index in [0.29, 0.717) is 11.6 Å². The van der Waals surface area contributed by atoms with Crippen molar-refractivity contribution in [1.29, 1.82) is 0 Å². The molecule has 1 aliphatic carbocycles. The number of rotatable bonds is 4. The number of benzene rings is 1. The van der Waals surface area contributed by atoms with Gasteiger partial charge in [0.2, 0.25) is 0 Å². The predicted molar refractivity (Wildman–Crippen MR) is 77.8 cm³/mol. The Bertz CT molecular complexity index is 591. The van der Waals surface area contributed by atoms with E-state index in [1.54, 1.807) is 7.11 Å². The van der Waals surface area contributed by atoms with Crippen LogP contribution in [0.5, 0.6) is 0 Å². The van der Waals surface area contributed by atoms with E-state index in [9.17, 15) is 0 Å². The smallest absolute Gasteiger partial charge is 0.163 e. The van der Waals surface area contributed by atoms with Crippen LogP contribution >= 0.6 is 0 Å². The molecule has 1 saturated carbocycles. The molecule has 20 heavy (non-hydrogen) atoms. The highest BCUT2D eigenvalue weighted by atomic mass is 16.5. The van der Waals surface area contributed by atoms with Crippen molar-refractivity contribution in [3.63, 3.8) is 0 Å². The van der Waals surface area contributed by atoms with Crippen molar-refractivity contribution < 1.29 is 4.74 Å². The SMILES string of the molecule is COC1(c2nc(NN)cc(-c3ccccc3)n2)CCC1. The molecule has 2 aromatic rings. The second-order valence-corrected chi connectivity index (χ2v) is 5.02. The van der Waals surface area contributed by atoms with Gasteiger partial charge >= 0.3 is 0 Å². The van der Waals surface area contributed by atoms with Gasteiger partial charge in [0.15, 0.2) is 5.82 Å². The number of ether oxygens (including phenoxy) is 1. The summed E-state index contributed by atoms with van der Waals surface area (Å²) in [6.07, 6.45) is 3.04. The number of hydrogen-bond donors (Lipinski definition) is 2. The molecule has 0 bridgehead atoms. The van der Waals surface area contributed by atoms with Gasteiger partial charge in [0.05, 0.1) is 5.69 Å². The van der Waals surface area contributed by atoms with Gasteiger partial charge in [0.25, 0.3) is 0 Å². The van der Waals surface area contributed by atoms with E-state index in [4.69, 9.17) is 10.6 Å². The Balaban J connectivity index is 2.08. The normalized spacial score (nSPS) is 16.5. The number of aromatic nitrogens is 2. The lowest BCUT2D eigenvalue weighted by Gasteiger charge is -2.39. The molecule has 3 N–H and O–H groups in total. The number of nitrogen functional groups attached to an aromatic ring is 1. The molecule has 1 aromatic carbocycles. The van der Waals surface area contributed by atoms with Crippen molar-refractivity contribution in [2.24, 2.45) is 5.84 Å². The minimum Gasteiger partial charge on any atom is -0.370 e. The van der Waals surface area contributed by atoms with Crippen LogP contribution in [0.2, 0.25) is 0 Å². The number of nitrogens with zero attached hydrogens (tertiary/aromatic N) is 2. The fourth-order valence-corrected chi connectivity index (χ4v) is 2.50. The molecule has 1 aliphatic rings. The first-order valence-corrected chi connectivity index (χ1v) is 6.74. The van der Waals surface area contributed by atoms with Crippen LogP contribution < -0.4 is 11.3 Å². The molecule has 1 fully saturated rings. The Morgan fingerprint density at radius 2 is 1.95 bits per heavy atom. The van der Waals surface area contributed by atoms with Gasteiger partial charge in [-0.1, -0.05) is 30.3 Å². The monoisotopic (exact) mass is 270 g/mol. The number of anilines is 1. The minimum absolute atomic E-state index is 0.351. The molecule has 1 heterocycles. The first-order valence-electron chi connectivity index (χ1n) is 6.74. The summed E-state index contributed by atoms with van der Waals surface area (Å²) in [5.41, 5.74) is 4.16. The number of nitrogens with two attached hydrogens (primary N) is 1. The zero-order valence-corrected chi connectivity index (χ0v) is 11.5. The van der Waals surface area contributed by atoms with Gasteiger partial charge in [0.1, 0.15) is 11.4 Å². The van der Waals surface area contributed by atoms with Crippen molar-refractivity contribution in [3.05, 3.63) is 42.2 Å². The van der Waals surface area contributed by atoms with Crippen LogP contribution in [0, 0.1) is 0 Å². The predicted octanol–water partition coefficient (Wildman–Crippen LogP) is 2.45. The molecule has 0 spiro atoms. The maximum absolute atomic E-state index is 5.66. The number of nitrogens with one attached hydrogen (secondary N) is 1. The third-order valence-corrected chi connectivity index (χ3v) is 3.90. The molecule has 0 radical (unpaired) electrons. The molecule has 5 nitrogen and oxygen atoms in total. The zero-order chi connectivity index (χ0) is 14.0. The highest BCUT2D eigenvalue weighted by Gasteiger charge is 2.42. The van der Waals surface area contributed by atoms with E-state index in [2.05, 4.69) is 15.4 Å². The molecule has 0 saturated heterocycles. The lowest BCUT2D eigenvalue weighted by Crippen LogP contribution is -2.38. The average Bonchev–Trinajstić information content (AvgIpc) is 2.47. The highest BCUT2D eigenvalue weighted by Crippen LogP contribution is 2.43. The summed E-state index contributed by atoms with van der Waals surface area (Å²) in [5, 5.41) is 0. The quantitative estimate of drug-likeness (QED) is 0.659. The van der Waals surface area contributed by atoms with Crippen molar-refractivity contribution in [2.75, 3.05) is 12.5 Å². The lowest BCUT2D eigenvalue weighted by atomic mass is 9.79. The molecule has 0 unspecified atom stereocenters. The van der Waals surface area contributed by atoms with Crippen LogP contribution in [0.1, 0.15) is 25.1 Å². The van der Waals surface area contributed by atoms with Gasteiger partial charge in [-0.3, -0.25) is 0 Å². The minimum atomic E-state index is -0.351. The molecule has 104 valence electrons. The lowest BCUT2D eigenvalue weighted by molar-refractivity contribution is -0.0844. The zero-order valence-electron chi connectivity index (χ0n) is 11.5. The van der Waals surface area contributed by atoms with Crippen molar-refractivity contribution >= 4 is 5.82 Å². The van der Waals surface area contributed by atoms with E-state index in [1.165, 1.54) is 0 Å². The van der Waals surface area contributed by atoms with Gasteiger partial charge in [0, 0.05) is 18.7 Å². The van der Waals surface area contributed by atoms with E-state index >= 15 is 0 Å². The molecular weight excluding hydrogens is 252 g/mol. The molecule has 5 heteroatoms.